The van der Waals surface area contributed by atoms with E-state index in [1.54, 1.807) is 24.3 Å². The standard InChI is InChI=1S/C22H20ClN3O3/c23-15-4-3-5-16(12-15)26-20(27)13-18(22(26)28)25-10-8-14(9-11-25)21-24-17-6-1-2-7-19(17)29-21/h1-7,12,14,18H,8-11,13H2/t18-/m0/s1. The van der Waals surface area contributed by atoms with Gasteiger partial charge in [-0.2, -0.15) is 0 Å². The van der Waals surface area contributed by atoms with Crippen molar-refractivity contribution in [3.05, 3.63) is 59.4 Å². The SMILES string of the molecule is O=C1C[C@H](N2CCC(c3nc4ccccc4o3)CC2)C(=O)N1c1cccc(Cl)c1. The van der Waals surface area contributed by atoms with Crippen LogP contribution in [0.3, 0.4) is 0 Å². The first-order chi connectivity index (χ1) is 14.1. The van der Waals surface area contributed by atoms with E-state index in [4.69, 9.17) is 16.0 Å². The summed E-state index contributed by atoms with van der Waals surface area (Å²) in [7, 11) is 0. The van der Waals surface area contributed by atoms with Gasteiger partial charge in [0.05, 0.1) is 18.2 Å². The summed E-state index contributed by atoms with van der Waals surface area (Å²) >= 11 is 6.03. The van der Waals surface area contributed by atoms with Crippen molar-refractivity contribution in [2.75, 3.05) is 18.0 Å². The van der Waals surface area contributed by atoms with Crippen molar-refractivity contribution < 1.29 is 14.0 Å². The predicted octanol–water partition coefficient (Wildman–Crippen LogP) is 3.99. The Morgan fingerprint density at radius 1 is 1.03 bits per heavy atom. The molecule has 3 aromatic rings. The van der Waals surface area contributed by atoms with Crippen molar-refractivity contribution in [3.63, 3.8) is 0 Å². The highest BCUT2D eigenvalue weighted by molar-refractivity contribution is 6.31. The average molecular weight is 410 g/mol. The molecule has 6 nitrogen and oxygen atoms in total. The minimum absolute atomic E-state index is 0.169. The Bertz CT molecular complexity index is 1050. The fraction of sp³-hybridized carbons (Fsp3) is 0.318. The minimum Gasteiger partial charge on any atom is -0.440 e. The van der Waals surface area contributed by atoms with Crippen LogP contribution in [0.25, 0.3) is 11.1 Å². The van der Waals surface area contributed by atoms with Gasteiger partial charge in [0.25, 0.3) is 5.91 Å². The molecule has 148 valence electrons. The van der Waals surface area contributed by atoms with E-state index in [0.29, 0.717) is 10.7 Å². The van der Waals surface area contributed by atoms with Gasteiger partial charge in [-0.15, -0.1) is 0 Å². The molecular weight excluding hydrogens is 390 g/mol. The molecule has 5 rings (SSSR count). The van der Waals surface area contributed by atoms with Gasteiger partial charge < -0.3 is 4.42 Å². The maximum atomic E-state index is 13.0. The number of hydrogen-bond acceptors (Lipinski definition) is 5. The van der Waals surface area contributed by atoms with Gasteiger partial charge in [-0.1, -0.05) is 29.8 Å². The van der Waals surface area contributed by atoms with E-state index in [0.717, 1.165) is 42.9 Å². The van der Waals surface area contributed by atoms with Crippen LogP contribution in [0.15, 0.2) is 52.9 Å². The molecule has 2 aromatic carbocycles. The Hall–Kier alpha value is -2.70. The molecule has 0 N–H and O–H groups in total. The van der Waals surface area contributed by atoms with Crippen molar-refractivity contribution in [3.8, 4) is 0 Å². The number of halogens is 1. The van der Waals surface area contributed by atoms with Gasteiger partial charge in [-0.05, 0) is 56.3 Å². The zero-order valence-corrected chi connectivity index (χ0v) is 16.5. The van der Waals surface area contributed by atoms with Crippen LogP contribution in [-0.2, 0) is 9.59 Å². The number of carbonyl (C=O) groups is 2. The maximum Gasteiger partial charge on any atom is 0.251 e. The number of amides is 2. The smallest absolute Gasteiger partial charge is 0.251 e. The van der Waals surface area contributed by atoms with Crippen molar-refractivity contribution in [1.29, 1.82) is 0 Å². The number of rotatable bonds is 3. The Kier molecular flexibility index (Phi) is 4.60. The summed E-state index contributed by atoms with van der Waals surface area (Å²) in [6, 6.07) is 14.2. The number of nitrogens with zero attached hydrogens (tertiary/aromatic N) is 3. The first kappa shape index (κ1) is 18.3. The number of anilines is 1. The third-order valence-electron chi connectivity index (χ3n) is 5.82. The topological polar surface area (TPSA) is 66.7 Å². The van der Waals surface area contributed by atoms with E-state index >= 15 is 0 Å². The fourth-order valence-corrected chi connectivity index (χ4v) is 4.49. The van der Waals surface area contributed by atoms with Gasteiger partial charge in [0.1, 0.15) is 5.52 Å². The molecule has 3 heterocycles. The van der Waals surface area contributed by atoms with Crippen LogP contribution in [-0.4, -0.2) is 40.8 Å². The first-order valence-corrected chi connectivity index (χ1v) is 10.2. The third kappa shape index (κ3) is 3.32. The number of likely N-dealkylation sites (tertiary alicyclic amines) is 1. The van der Waals surface area contributed by atoms with Crippen molar-refractivity contribution >= 4 is 40.2 Å². The second kappa shape index (κ2) is 7.28. The van der Waals surface area contributed by atoms with Crippen LogP contribution in [0.4, 0.5) is 5.69 Å². The molecule has 2 amide bonds. The van der Waals surface area contributed by atoms with E-state index in [1.807, 2.05) is 24.3 Å². The van der Waals surface area contributed by atoms with Gasteiger partial charge >= 0.3 is 0 Å². The van der Waals surface area contributed by atoms with Crippen LogP contribution in [0.1, 0.15) is 31.1 Å². The minimum atomic E-state index is -0.411. The molecule has 0 bridgehead atoms. The van der Waals surface area contributed by atoms with Crippen LogP contribution in [0.5, 0.6) is 0 Å². The molecule has 0 radical (unpaired) electrons. The van der Waals surface area contributed by atoms with Crippen molar-refractivity contribution in [1.82, 2.24) is 9.88 Å². The molecule has 0 unspecified atom stereocenters. The summed E-state index contributed by atoms with van der Waals surface area (Å²) in [5.74, 6) is 0.649. The number of hydrogen-bond donors (Lipinski definition) is 0. The van der Waals surface area contributed by atoms with E-state index in [-0.39, 0.29) is 24.2 Å². The van der Waals surface area contributed by atoms with Gasteiger partial charge in [0.2, 0.25) is 5.91 Å². The summed E-state index contributed by atoms with van der Waals surface area (Å²) in [6.07, 6.45) is 1.91. The fourth-order valence-electron chi connectivity index (χ4n) is 4.31. The lowest BCUT2D eigenvalue weighted by Gasteiger charge is -2.33. The van der Waals surface area contributed by atoms with Crippen molar-refractivity contribution in [2.45, 2.75) is 31.2 Å². The third-order valence-corrected chi connectivity index (χ3v) is 6.05. The summed E-state index contributed by atoms with van der Waals surface area (Å²) in [5.41, 5.74) is 2.22. The molecule has 29 heavy (non-hydrogen) atoms. The van der Waals surface area contributed by atoms with Gasteiger partial charge in [-0.3, -0.25) is 14.5 Å². The zero-order valence-electron chi connectivity index (χ0n) is 15.8. The molecule has 0 spiro atoms. The lowest BCUT2D eigenvalue weighted by molar-refractivity contribution is -0.123. The first-order valence-electron chi connectivity index (χ1n) is 9.82. The average Bonchev–Trinajstić information content (AvgIpc) is 3.29. The number of imide groups is 1. The molecule has 2 aliphatic heterocycles. The molecule has 7 heteroatoms. The lowest BCUT2D eigenvalue weighted by atomic mass is 9.95. The highest BCUT2D eigenvalue weighted by Gasteiger charge is 2.43. The Morgan fingerprint density at radius 3 is 2.59 bits per heavy atom. The highest BCUT2D eigenvalue weighted by Crippen LogP contribution is 2.33. The second-order valence-corrected chi connectivity index (χ2v) is 8.03. The number of fused-ring (bicyclic) bond motifs is 1. The molecule has 2 aliphatic rings. The van der Waals surface area contributed by atoms with Gasteiger partial charge in [0, 0.05) is 10.9 Å². The van der Waals surface area contributed by atoms with Crippen LogP contribution in [0.2, 0.25) is 5.02 Å². The number of carbonyl (C=O) groups excluding carboxylic acids is 2. The number of benzene rings is 2. The van der Waals surface area contributed by atoms with E-state index in [2.05, 4.69) is 9.88 Å². The normalized spacial score (nSPS) is 21.4. The zero-order chi connectivity index (χ0) is 20.0. The second-order valence-electron chi connectivity index (χ2n) is 7.60. The van der Waals surface area contributed by atoms with Crippen LogP contribution >= 0.6 is 11.6 Å². The van der Waals surface area contributed by atoms with Gasteiger partial charge in [0.15, 0.2) is 11.5 Å². The van der Waals surface area contributed by atoms with Crippen LogP contribution in [0, 0.1) is 0 Å². The van der Waals surface area contributed by atoms with Gasteiger partial charge in [-0.25, -0.2) is 9.88 Å². The summed E-state index contributed by atoms with van der Waals surface area (Å²) in [5, 5.41) is 0.505. The number of piperidine rings is 1. The summed E-state index contributed by atoms with van der Waals surface area (Å²) in [6.45, 7) is 1.47. The number of para-hydroxylation sites is 2. The van der Waals surface area contributed by atoms with E-state index < -0.39 is 6.04 Å². The highest BCUT2D eigenvalue weighted by atomic mass is 35.5. The number of oxazole rings is 1. The molecule has 0 saturated carbocycles. The quantitative estimate of drug-likeness (QED) is 0.612. The molecule has 1 aromatic heterocycles. The van der Waals surface area contributed by atoms with Crippen molar-refractivity contribution in [2.24, 2.45) is 0 Å². The number of aromatic nitrogens is 1. The lowest BCUT2D eigenvalue weighted by Crippen LogP contribution is -2.45. The predicted molar refractivity (Wildman–Crippen MR) is 110 cm³/mol. The largest absolute Gasteiger partial charge is 0.440 e. The Labute approximate surface area is 173 Å². The molecule has 2 saturated heterocycles. The Morgan fingerprint density at radius 2 is 1.83 bits per heavy atom. The Balaban J connectivity index is 1.28. The molecule has 1 atom stereocenters. The monoisotopic (exact) mass is 409 g/mol. The van der Waals surface area contributed by atoms with E-state index in [9.17, 15) is 9.59 Å². The summed E-state index contributed by atoms with van der Waals surface area (Å²) < 4.78 is 5.92. The molecule has 0 aliphatic carbocycles. The molecule has 2 fully saturated rings. The van der Waals surface area contributed by atoms with E-state index in [1.165, 1.54) is 4.90 Å². The maximum absolute atomic E-state index is 13.0. The van der Waals surface area contributed by atoms with Crippen LogP contribution < -0.4 is 4.90 Å². The summed E-state index contributed by atoms with van der Waals surface area (Å²) in [4.78, 5) is 33.5. The molecular formula is C22H20ClN3O3.